The lowest BCUT2D eigenvalue weighted by molar-refractivity contribution is 0.555. The number of nitrogens with two attached hydrogens (primary N) is 1. The minimum Gasteiger partial charge on any atom is -0.297 e. The third kappa shape index (κ3) is 2.34. The van der Waals surface area contributed by atoms with Crippen LogP contribution in [-0.4, -0.2) is 23.2 Å². The average molecular weight is 292 g/mol. The van der Waals surface area contributed by atoms with E-state index in [2.05, 4.69) is 10.2 Å². The van der Waals surface area contributed by atoms with Gasteiger partial charge >= 0.3 is 0 Å². The van der Waals surface area contributed by atoms with Gasteiger partial charge in [0.2, 0.25) is 0 Å². The number of rotatable bonds is 4. The smallest absolute Gasteiger partial charge is 0.273 e. The summed E-state index contributed by atoms with van der Waals surface area (Å²) in [7, 11) is -3.84. The second kappa shape index (κ2) is 4.68. The van der Waals surface area contributed by atoms with Crippen molar-refractivity contribution >= 4 is 10.0 Å². The monoisotopic (exact) mass is 292 g/mol. The molecular formula is C13H16N4O2S. The molecule has 1 aliphatic rings. The molecule has 0 amide bonds. The summed E-state index contributed by atoms with van der Waals surface area (Å²) in [6, 6.07) is 9.98. The van der Waals surface area contributed by atoms with Crippen LogP contribution in [0.1, 0.15) is 43.1 Å². The summed E-state index contributed by atoms with van der Waals surface area (Å²) in [5.74, 6) is 0.627. The lowest BCUT2D eigenvalue weighted by Crippen LogP contribution is -2.19. The van der Waals surface area contributed by atoms with Gasteiger partial charge in [-0.1, -0.05) is 37.3 Å². The van der Waals surface area contributed by atoms with Crippen LogP contribution in [0.3, 0.4) is 0 Å². The second-order valence-corrected chi connectivity index (χ2v) is 6.57. The first kappa shape index (κ1) is 13.3. The van der Waals surface area contributed by atoms with Crippen molar-refractivity contribution in [2.45, 2.75) is 36.9 Å². The van der Waals surface area contributed by atoms with Gasteiger partial charge in [0.15, 0.2) is 0 Å². The van der Waals surface area contributed by atoms with Crippen LogP contribution in [0.2, 0.25) is 0 Å². The maximum Gasteiger partial charge on any atom is 0.273 e. The fourth-order valence-electron chi connectivity index (χ4n) is 2.34. The normalized spacial score (nSPS) is 17.1. The Balaban J connectivity index is 2.09. The molecule has 20 heavy (non-hydrogen) atoms. The van der Waals surface area contributed by atoms with E-state index in [9.17, 15) is 8.42 Å². The van der Waals surface area contributed by atoms with Gasteiger partial charge in [-0.15, -0.1) is 10.2 Å². The van der Waals surface area contributed by atoms with Crippen LogP contribution in [0, 0.1) is 0 Å². The molecule has 0 spiro atoms. The van der Waals surface area contributed by atoms with Gasteiger partial charge in [-0.05, 0) is 18.4 Å². The van der Waals surface area contributed by atoms with Crippen molar-refractivity contribution in [3.63, 3.8) is 0 Å². The molecule has 6 nitrogen and oxygen atoms in total. The van der Waals surface area contributed by atoms with Gasteiger partial charge in [-0.2, -0.15) is 0 Å². The first-order valence-electron chi connectivity index (χ1n) is 6.51. The van der Waals surface area contributed by atoms with Gasteiger partial charge in [0.05, 0.1) is 0 Å². The molecule has 1 saturated carbocycles. The van der Waals surface area contributed by atoms with Gasteiger partial charge in [-0.25, -0.2) is 13.6 Å². The molecule has 2 aromatic rings. The summed E-state index contributed by atoms with van der Waals surface area (Å²) < 4.78 is 24.9. The largest absolute Gasteiger partial charge is 0.297 e. The molecule has 0 bridgehead atoms. The summed E-state index contributed by atoms with van der Waals surface area (Å²) in [5, 5.41) is 13.0. The Kier molecular flexibility index (Phi) is 3.10. The number of hydrogen-bond donors (Lipinski definition) is 1. The van der Waals surface area contributed by atoms with E-state index in [-0.39, 0.29) is 17.1 Å². The van der Waals surface area contributed by atoms with Crippen LogP contribution in [0.15, 0.2) is 35.5 Å². The second-order valence-electron chi connectivity index (χ2n) is 5.12. The highest BCUT2D eigenvalue weighted by molar-refractivity contribution is 7.89. The minimum atomic E-state index is -3.84. The number of primary sulfonamides is 1. The molecule has 1 aliphatic carbocycles. The fraction of sp³-hybridized carbons (Fsp3) is 0.385. The van der Waals surface area contributed by atoms with Crippen LogP contribution in [-0.2, 0) is 10.0 Å². The Morgan fingerprint density at radius 2 is 1.90 bits per heavy atom. The highest BCUT2D eigenvalue weighted by Gasteiger charge is 2.34. The maximum absolute atomic E-state index is 11.6. The van der Waals surface area contributed by atoms with Crippen molar-refractivity contribution in [3.8, 4) is 0 Å². The number of sulfonamides is 1. The van der Waals surface area contributed by atoms with Crippen LogP contribution in [0.4, 0.5) is 0 Å². The van der Waals surface area contributed by atoms with E-state index >= 15 is 0 Å². The van der Waals surface area contributed by atoms with Crippen LogP contribution >= 0.6 is 0 Å². The van der Waals surface area contributed by atoms with E-state index in [4.69, 9.17) is 5.14 Å². The maximum atomic E-state index is 11.6. The van der Waals surface area contributed by atoms with E-state index < -0.39 is 10.0 Å². The molecule has 1 unspecified atom stereocenters. The first-order chi connectivity index (χ1) is 9.48. The zero-order valence-corrected chi connectivity index (χ0v) is 11.9. The quantitative estimate of drug-likeness (QED) is 0.922. The molecule has 1 aromatic carbocycles. The summed E-state index contributed by atoms with van der Waals surface area (Å²) in [5.41, 5.74) is 1.07. The summed E-state index contributed by atoms with van der Waals surface area (Å²) in [6.45, 7) is 1.99. The number of benzene rings is 1. The topological polar surface area (TPSA) is 90.9 Å². The van der Waals surface area contributed by atoms with E-state index in [1.54, 1.807) is 4.57 Å². The summed E-state index contributed by atoms with van der Waals surface area (Å²) in [4.78, 5) is 0. The number of nitrogens with zero attached hydrogens (tertiary/aromatic N) is 3. The highest BCUT2D eigenvalue weighted by atomic mass is 32.2. The van der Waals surface area contributed by atoms with Crippen molar-refractivity contribution in [2.24, 2.45) is 5.14 Å². The van der Waals surface area contributed by atoms with Crippen LogP contribution in [0.5, 0.6) is 0 Å². The van der Waals surface area contributed by atoms with Crippen molar-refractivity contribution in [1.29, 1.82) is 0 Å². The molecule has 0 radical (unpaired) electrons. The standard InChI is InChI=1S/C13H16N4O2S/c1-9(10-5-3-2-4-6-10)12-15-16-13(20(14,18)19)17(12)11-7-8-11/h2-6,9,11H,7-8H2,1H3,(H2,14,18,19). The van der Waals surface area contributed by atoms with Gasteiger partial charge in [0.25, 0.3) is 15.2 Å². The van der Waals surface area contributed by atoms with Gasteiger partial charge in [0.1, 0.15) is 5.82 Å². The Morgan fingerprint density at radius 1 is 1.25 bits per heavy atom. The minimum absolute atomic E-state index is 0.0280. The number of hydrogen-bond acceptors (Lipinski definition) is 4. The summed E-state index contributed by atoms with van der Waals surface area (Å²) >= 11 is 0. The van der Waals surface area contributed by atoms with Gasteiger partial charge in [0, 0.05) is 12.0 Å². The third-order valence-corrected chi connectivity index (χ3v) is 4.33. The molecule has 1 fully saturated rings. The highest BCUT2D eigenvalue weighted by Crippen LogP contribution is 2.39. The Bertz CT molecular complexity index is 720. The van der Waals surface area contributed by atoms with Crippen molar-refractivity contribution in [1.82, 2.24) is 14.8 Å². The van der Waals surface area contributed by atoms with Gasteiger partial charge < -0.3 is 0 Å². The molecule has 7 heteroatoms. The van der Waals surface area contributed by atoms with Crippen LogP contribution < -0.4 is 5.14 Å². The molecule has 1 aromatic heterocycles. The molecule has 106 valence electrons. The van der Waals surface area contributed by atoms with Crippen molar-refractivity contribution in [2.75, 3.05) is 0 Å². The van der Waals surface area contributed by atoms with E-state index in [0.717, 1.165) is 18.4 Å². The number of aromatic nitrogens is 3. The third-order valence-electron chi connectivity index (χ3n) is 3.54. The Morgan fingerprint density at radius 3 is 2.45 bits per heavy atom. The molecular weight excluding hydrogens is 276 g/mol. The predicted molar refractivity (Wildman–Crippen MR) is 73.6 cm³/mol. The van der Waals surface area contributed by atoms with E-state index in [1.807, 2.05) is 37.3 Å². The SMILES string of the molecule is CC(c1ccccc1)c1nnc(S(N)(=O)=O)n1C1CC1. The Hall–Kier alpha value is -1.73. The van der Waals surface area contributed by atoms with Gasteiger partial charge in [-0.3, -0.25) is 4.57 Å². The molecule has 1 atom stereocenters. The van der Waals surface area contributed by atoms with Crippen molar-refractivity contribution in [3.05, 3.63) is 41.7 Å². The lowest BCUT2D eigenvalue weighted by Gasteiger charge is -2.14. The first-order valence-corrected chi connectivity index (χ1v) is 8.05. The zero-order chi connectivity index (χ0) is 14.3. The summed E-state index contributed by atoms with van der Waals surface area (Å²) in [6.07, 6.45) is 1.88. The Labute approximate surface area is 117 Å². The van der Waals surface area contributed by atoms with Crippen molar-refractivity contribution < 1.29 is 8.42 Å². The molecule has 0 aliphatic heterocycles. The fourth-order valence-corrected chi connectivity index (χ4v) is 3.02. The zero-order valence-electron chi connectivity index (χ0n) is 11.1. The lowest BCUT2D eigenvalue weighted by atomic mass is 10.0. The van der Waals surface area contributed by atoms with E-state index in [1.165, 1.54) is 0 Å². The van der Waals surface area contributed by atoms with Crippen LogP contribution in [0.25, 0.3) is 0 Å². The van der Waals surface area contributed by atoms with E-state index in [0.29, 0.717) is 5.82 Å². The predicted octanol–water partition coefficient (Wildman–Crippen LogP) is 1.41. The molecule has 1 heterocycles. The molecule has 3 rings (SSSR count). The molecule has 2 N–H and O–H groups in total. The molecule has 0 saturated heterocycles. The average Bonchev–Trinajstić information content (AvgIpc) is 3.16.